The SMILES string of the molecule is CC(C)(C)[P+]1(C(C)(C)C)C[B@@-](Cl)(c2ccccc2)c2c(F)c(F)c(F)c(F)c21. The third kappa shape index (κ3) is 2.69. The van der Waals surface area contributed by atoms with Crippen molar-refractivity contribution in [1.29, 1.82) is 0 Å². The lowest BCUT2D eigenvalue weighted by Gasteiger charge is -2.48. The van der Waals surface area contributed by atoms with Gasteiger partial charge in [0.25, 0.3) is 0 Å². The molecule has 0 amide bonds. The zero-order valence-corrected chi connectivity index (χ0v) is 18.7. The van der Waals surface area contributed by atoms with E-state index in [-0.39, 0.29) is 16.8 Å². The molecule has 0 spiro atoms. The predicted octanol–water partition coefficient (Wildman–Crippen LogP) is 5.33. The molecule has 1 atom stereocenters. The van der Waals surface area contributed by atoms with E-state index in [1.807, 2.05) is 41.5 Å². The zero-order valence-electron chi connectivity index (χ0n) is 17.0. The van der Waals surface area contributed by atoms with Gasteiger partial charge in [0.05, 0.1) is 10.3 Å². The fourth-order valence-corrected chi connectivity index (χ4v) is 13.2. The van der Waals surface area contributed by atoms with Crippen molar-refractivity contribution in [3.05, 3.63) is 53.6 Å². The Bertz CT molecular complexity index is 920. The van der Waals surface area contributed by atoms with E-state index in [0.29, 0.717) is 5.46 Å². The Hall–Kier alpha value is -1.06. The molecule has 3 rings (SSSR count). The van der Waals surface area contributed by atoms with Gasteiger partial charge in [-0.1, -0.05) is 30.3 Å². The van der Waals surface area contributed by atoms with Crippen LogP contribution in [0.4, 0.5) is 17.6 Å². The lowest BCUT2D eigenvalue weighted by atomic mass is 9.40. The maximum Gasteiger partial charge on any atom is 0.201 e. The molecule has 7 heteroatoms. The Labute approximate surface area is 169 Å². The van der Waals surface area contributed by atoms with E-state index in [1.165, 1.54) is 0 Å². The van der Waals surface area contributed by atoms with Crippen molar-refractivity contribution in [2.24, 2.45) is 0 Å². The molecule has 1 aliphatic rings. The topological polar surface area (TPSA) is 0 Å². The van der Waals surface area contributed by atoms with Crippen LogP contribution in [0.1, 0.15) is 41.5 Å². The number of benzene rings is 2. The van der Waals surface area contributed by atoms with Gasteiger partial charge in [0.15, 0.2) is 11.4 Å². The first-order chi connectivity index (χ1) is 12.7. The number of fused-ring (bicyclic) bond motifs is 1. The Kier molecular flexibility index (Phi) is 5.00. The lowest BCUT2D eigenvalue weighted by molar-refractivity contribution is 0.415. The van der Waals surface area contributed by atoms with Crippen molar-refractivity contribution in [3.8, 4) is 0 Å². The van der Waals surface area contributed by atoms with Crippen LogP contribution < -0.4 is 16.2 Å². The second-order valence-electron chi connectivity index (χ2n) is 9.69. The highest BCUT2D eigenvalue weighted by molar-refractivity contribution is 7.91. The van der Waals surface area contributed by atoms with E-state index in [1.54, 1.807) is 30.3 Å². The first-order valence-corrected chi connectivity index (χ1v) is 11.8. The molecule has 0 bridgehead atoms. The van der Waals surface area contributed by atoms with Gasteiger partial charge in [-0.2, -0.15) is 9.85 Å². The van der Waals surface area contributed by atoms with Gasteiger partial charge in [-0.05, 0) is 47.6 Å². The van der Waals surface area contributed by atoms with Crippen LogP contribution in [0.3, 0.4) is 0 Å². The first-order valence-electron chi connectivity index (χ1n) is 9.36. The number of hydrogen-bond donors (Lipinski definition) is 0. The van der Waals surface area contributed by atoms with Crippen LogP contribution in [-0.4, -0.2) is 21.9 Å². The van der Waals surface area contributed by atoms with Gasteiger partial charge in [-0.25, -0.2) is 13.2 Å². The second kappa shape index (κ2) is 6.47. The summed E-state index contributed by atoms with van der Waals surface area (Å²) in [4.78, 5) is 0. The van der Waals surface area contributed by atoms with Gasteiger partial charge in [-0.15, -0.1) is 5.46 Å². The third-order valence-corrected chi connectivity index (χ3v) is 14.0. The molecule has 0 N–H and O–H groups in total. The standard InChI is InChI=1S/C21H25BClF4P/c1-20(2,3)28(21(4,5)6)12-22(23,13-10-8-7-9-11-13)14-15(24)16(25)17(26)18(27)19(14)28/h7-11H,12H2,1-6H3/t22-/m1/s1. The molecule has 2 aromatic rings. The largest absolute Gasteiger partial charge is 0.373 e. The highest BCUT2D eigenvalue weighted by Crippen LogP contribution is 2.78. The minimum atomic E-state index is -2.63. The Morgan fingerprint density at radius 2 is 1.25 bits per heavy atom. The molecule has 1 aliphatic heterocycles. The van der Waals surface area contributed by atoms with Gasteiger partial charge in [0.2, 0.25) is 11.6 Å². The summed E-state index contributed by atoms with van der Waals surface area (Å²) in [6.45, 7) is 11.7. The molecule has 0 radical (unpaired) electrons. The van der Waals surface area contributed by atoms with Crippen molar-refractivity contribution >= 4 is 40.5 Å². The number of hydrogen-bond acceptors (Lipinski definition) is 0. The van der Waals surface area contributed by atoms with Gasteiger partial charge in [0, 0.05) is 7.26 Å². The Morgan fingerprint density at radius 1 is 0.786 bits per heavy atom. The van der Waals surface area contributed by atoms with Crippen LogP contribution in [-0.2, 0) is 0 Å². The van der Waals surface area contributed by atoms with Crippen LogP contribution in [0.5, 0.6) is 0 Å². The fraction of sp³-hybridized carbons (Fsp3) is 0.429. The van der Waals surface area contributed by atoms with Crippen LogP contribution in [0.2, 0.25) is 0 Å². The van der Waals surface area contributed by atoms with E-state index >= 15 is 8.78 Å². The highest BCUT2D eigenvalue weighted by atomic mass is 35.5. The average molecular weight is 431 g/mol. The second-order valence-corrected chi connectivity index (χ2v) is 15.5. The molecule has 2 aromatic carbocycles. The summed E-state index contributed by atoms with van der Waals surface area (Å²) >= 11 is 7.12. The van der Waals surface area contributed by atoms with Crippen LogP contribution in [0.15, 0.2) is 30.3 Å². The van der Waals surface area contributed by atoms with Gasteiger partial charge >= 0.3 is 0 Å². The Balaban J connectivity index is 2.56. The highest BCUT2D eigenvalue weighted by Gasteiger charge is 2.67. The number of halogens is 5. The maximum atomic E-state index is 15.4. The van der Waals surface area contributed by atoms with E-state index < -0.39 is 46.4 Å². The minimum Gasteiger partial charge on any atom is -0.373 e. The van der Waals surface area contributed by atoms with Gasteiger partial charge < -0.3 is 11.5 Å². The van der Waals surface area contributed by atoms with Gasteiger partial charge in [-0.3, -0.25) is 0 Å². The molecule has 0 unspecified atom stereocenters. The van der Waals surface area contributed by atoms with E-state index in [4.69, 9.17) is 11.5 Å². The monoisotopic (exact) mass is 430 g/mol. The summed E-state index contributed by atoms with van der Waals surface area (Å²) < 4.78 is 59.3. The summed E-state index contributed by atoms with van der Waals surface area (Å²) in [5, 5.41) is -1.00. The average Bonchev–Trinajstić information content (AvgIpc) is 2.91. The molecule has 1 heterocycles. The Morgan fingerprint density at radius 3 is 1.71 bits per heavy atom. The quantitative estimate of drug-likeness (QED) is 0.188. The maximum absolute atomic E-state index is 15.4. The van der Waals surface area contributed by atoms with Crippen LogP contribution in [0.25, 0.3) is 0 Å². The van der Waals surface area contributed by atoms with Crippen molar-refractivity contribution < 1.29 is 17.6 Å². The summed E-state index contributed by atoms with van der Waals surface area (Å²) in [5.41, 5.74) is -1.89. The van der Waals surface area contributed by atoms with E-state index in [0.717, 1.165) is 0 Å². The molecule has 28 heavy (non-hydrogen) atoms. The molecule has 0 saturated heterocycles. The molecule has 0 nitrogen and oxygen atoms in total. The van der Waals surface area contributed by atoms with Crippen molar-refractivity contribution in [2.45, 2.75) is 51.9 Å². The summed E-state index contributed by atoms with van der Waals surface area (Å²) in [6, 6.07) is 9.12. The summed E-state index contributed by atoms with van der Waals surface area (Å²) in [6.07, 6.45) is 0. The summed E-state index contributed by atoms with van der Waals surface area (Å²) in [5.74, 6) is -6.18. The number of rotatable bonds is 1. The normalized spacial score (nSPS) is 21.7. The van der Waals surface area contributed by atoms with Crippen LogP contribution >= 0.6 is 18.7 Å². The van der Waals surface area contributed by atoms with Crippen molar-refractivity contribution in [1.82, 2.24) is 0 Å². The molecule has 0 saturated carbocycles. The fourth-order valence-electron chi connectivity index (χ4n) is 5.24. The molecule has 0 aliphatic carbocycles. The van der Waals surface area contributed by atoms with Crippen molar-refractivity contribution in [3.63, 3.8) is 0 Å². The van der Waals surface area contributed by atoms with Gasteiger partial charge in [0.1, 0.15) is 11.1 Å². The van der Waals surface area contributed by atoms with Crippen molar-refractivity contribution in [2.75, 3.05) is 6.06 Å². The summed E-state index contributed by atoms with van der Waals surface area (Å²) in [7, 11) is -2.63. The first kappa shape index (κ1) is 21.6. The molecule has 0 aromatic heterocycles. The zero-order chi connectivity index (χ0) is 21.3. The molecule has 0 fully saturated rings. The molecular weight excluding hydrogens is 405 g/mol. The predicted molar refractivity (Wildman–Crippen MR) is 115 cm³/mol. The van der Waals surface area contributed by atoms with E-state index in [2.05, 4.69) is 0 Å². The van der Waals surface area contributed by atoms with E-state index in [9.17, 15) is 8.78 Å². The smallest absolute Gasteiger partial charge is 0.201 e. The third-order valence-electron chi connectivity index (χ3n) is 6.26. The van der Waals surface area contributed by atoms with Crippen LogP contribution in [0, 0.1) is 23.3 Å². The molecule has 152 valence electrons. The lowest BCUT2D eigenvalue weighted by Crippen LogP contribution is -2.57. The molecular formula is C21H25BClF4P. The minimum absolute atomic E-state index is 0.0113.